The standard InChI is InChI=1S/C24H24N4O5S/c1-14-26-27-21(34-14)12-28(2)23(31)20(11-22(29)30)25-24(32)33-13-19-17-9-5-3-7-15(17)16-8-4-6-10-18(16)19/h3-10,19-20H,11-13H2,1-2H3,(H,25,32)(H,29,30). The van der Waals surface area contributed by atoms with Crippen LogP contribution in [0.25, 0.3) is 11.1 Å². The van der Waals surface area contributed by atoms with Crippen molar-refractivity contribution in [2.45, 2.75) is 31.8 Å². The number of amides is 2. The number of nitrogens with one attached hydrogen (secondary N) is 1. The highest BCUT2D eigenvalue weighted by Crippen LogP contribution is 2.44. The fourth-order valence-electron chi connectivity index (χ4n) is 4.11. The van der Waals surface area contributed by atoms with Crippen LogP contribution in [-0.2, 0) is 20.9 Å². The fourth-order valence-corrected chi connectivity index (χ4v) is 4.87. The normalized spacial score (nSPS) is 13.0. The molecular formula is C24H24N4O5S. The number of ether oxygens (including phenoxy) is 1. The number of carboxylic acid groups (broad SMARTS) is 1. The molecule has 0 radical (unpaired) electrons. The molecule has 4 rings (SSSR count). The maximum Gasteiger partial charge on any atom is 0.407 e. The van der Waals surface area contributed by atoms with Gasteiger partial charge in [0, 0.05) is 13.0 Å². The van der Waals surface area contributed by atoms with Crippen molar-refractivity contribution >= 4 is 29.3 Å². The number of carbonyl (C=O) groups excluding carboxylic acids is 2. The molecule has 2 aromatic carbocycles. The van der Waals surface area contributed by atoms with E-state index in [1.807, 2.05) is 48.5 Å². The maximum absolute atomic E-state index is 12.9. The molecule has 0 fully saturated rings. The molecule has 0 spiro atoms. The predicted molar refractivity (Wildman–Crippen MR) is 125 cm³/mol. The molecule has 0 saturated carbocycles. The summed E-state index contributed by atoms with van der Waals surface area (Å²) in [6.45, 7) is 2.02. The minimum absolute atomic E-state index is 0.0632. The summed E-state index contributed by atoms with van der Waals surface area (Å²) >= 11 is 1.34. The molecule has 3 aromatic rings. The molecular weight excluding hydrogens is 456 g/mol. The quantitative estimate of drug-likeness (QED) is 0.508. The Bertz CT molecular complexity index is 1180. The molecule has 1 aliphatic carbocycles. The summed E-state index contributed by atoms with van der Waals surface area (Å²) in [7, 11) is 1.52. The Morgan fingerprint density at radius 3 is 2.26 bits per heavy atom. The molecule has 1 aromatic heterocycles. The van der Waals surface area contributed by atoms with Crippen LogP contribution in [-0.4, -0.2) is 57.9 Å². The molecule has 9 nitrogen and oxygen atoms in total. The summed E-state index contributed by atoms with van der Waals surface area (Å²) in [5.41, 5.74) is 4.31. The van der Waals surface area contributed by atoms with Crippen molar-refractivity contribution in [3.63, 3.8) is 0 Å². The highest BCUT2D eigenvalue weighted by molar-refractivity contribution is 7.11. The Balaban J connectivity index is 1.41. The molecule has 176 valence electrons. The van der Waals surface area contributed by atoms with Gasteiger partial charge >= 0.3 is 12.1 Å². The van der Waals surface area contributed by atoms with E-state index in [1.165, 1.54) is 23.3 Å². The van der Waals surface area contributed by atoms with Crippen LogP contribution in [0.15, 0.2) is 48.5 Å². The van der Waals surface area contributed by atoms with Gasteiger partial charge in [-0.15, -0.1) is 10.2 Å². The predicted octanol–water partition coefficient (Wildman–Crippen LogP) is 3.19. The average molecular weight is 481 g/mol. The topological polar surface area (TPSA) is 122 Å². The highest BCUT2D eigenvalue weighted by Gasteiger charge is 2.31. The van der Waals surface area contributed by atoms with Gasteiger partial charge in [-0.1, -0.05) is 59.9 Å². The molecule has 0 bridgehead atoms. The van der Waals surface area contributed by atoms with E-state index < -0.39 is 30.4 Å². The zero-order valence-electron chi connectivity index (χ0n) is 18.7. The smallest absolute Gasteiger partial charge is 0.407 e. The molecule has 1 aliphatic rings. The Hall–Kier alpha value is -3.79. The Labute approximate surface area is 200 Å². The number of rotatable bonds is 8. The second-order valence-corrected chi connectivity index (χ2v) is 9.30. The maximum atomic E-state index is 12.9. The number of carbonyl (C=O) groups is 3. The van der Waals surface area contributed by atoms with Crippen molar-refractivity contribution in [1.82, 2.24) is 20.4 Å². The second kappa shape index (κ2) is 10.0. The van der Waals surface area contributed by atoms with E-state index in [9.17, 15) is 19.5 Å². The first-order valence-corrected chi connectivity index (χ1v) is 11.5. The number of benzene rings is 2. The van der Waals surface area contributed by atoms with Gasteiger partial charge in [0.1, 0.15) is 22.7 Å². The van der Waals surface area contributed by atoms with Crippen LogP contribution < -0.4 is 5.32 Å². The molecule has 34 heavy (non-hydrogen) atoms. The lowest BCUT2D eigenvalue weighted by molar-refractivity contribution is -0.142. The summed E-state index contributed by atoms with van der Waals surface area (Å²) in [6.07, 6.45) is -1.41. The van der Waals surface area contributed by atoms with E-state index >= 15 is 0 Å². The number of nitrogens with zero attached hydrogens (tertiary/aromatic N) is 3. The molecule has 1 atom stereocenters. The van der Waals surface area contributed by atoms with Crippen LogP contribution in [0.1, 0.15) is 33.5 Å². The van der Waals surface area contributed by atoms with Crippen molar-refractivity contribution in [2.24, 2.45) is 0 Å². The van der Waals surface area contributed by atoms with Crippen LogP contribution in [0.5, 0.6) is 0 Å². The van der Waals surface area contributed by atoms with Gasteiger partial charge in [-0.25, -0.2) is 4.79 Å². The van der Waals surface area contributed by atoms with E-state index in [2.05, 4.69) is 15.5 Å². The zero-order valence-corrected chi connectivity index (χ0v) is 19.5. The number of fused-ring (bicyclic) bond motifs is 3. The van der Waals surface area contributed by atoms with Crippen molar-refractivity contribution in [3.05, 3.63) is 69.7 Å². The second-order valence-electron chi connectivity index (χ2n) is 8.03. The zero-order chi connectivity index (χ0) is 24.2. The van der Waals surface area contributed by atoms with E-state index in [-0.39, 0.29) is 19.1 Å². The van der Waals surface area contributed by atoms with Crippen molar-refractivity contribution < 1.29 is 24.2 Å². The first-order valence-electron chi connectivity index (χ1n) is 10.7. The van der Waals surface area contributed by atoms with Gasteiger partial charge in [0.05, 0.1) is 13.0 Å². The largest absolute Gasteiger partial charge is 0.481 e. The Morgan fingerprint density at radius 2 is 1.71 bits per heavy atom. The number of hydrogen-bond acceptors (Lipinski definition) is 7. The van der Waals surface area contributed by atoms with Crippen LogP contribution in [0.4, 0.5) is 4.79 Å². The minimum Gasteiger partial charge on any atom is -0.481 e. The van der Waals surface area contributed by atoms with Crippen LogP contribution in [0.3, 0.4) is 0 Å². The number of alkyl carbamates (subject to hydrolysis) is 1. The minimum atomic E-state index is -1.27. The molecule has 0 saturated heterocycles. The van der Waals surface area contributed by atoms with Gasteiger partial charge < -0.3 is 20.1 Å². The van der Waals surface area contributed by atoms with Crippen LogP contribution in [0.2, 0.25) is 0 Å². The molecule has 1 heterocycles. The Kier molecular flexibility index (Phi) is 6.87. The fraction of sp³-hybridized carbons (Fsp3) is 0.292. The summed E-state index contributed by atoms with van der Waals surface area (Å²) in [4.78, 5) is 38.1. The van der Waals surface area contributed by atoms with E-state index in [0.717, 1.165) is 27.3 Å². The molecule has 2 N–H and O–H groups in total. The number of aryl methyl sites for hydroxylation is 1. The van der Waals surface area contributed by atoms with Gasteiger partial charge in [-0.3, -0.25) is 9.59 Å². The molecule has 10 heteroatoms. The third kappa shape index (κ3) is 5.07. The highest BCUT2D eigenvalue weighted by atomic mass is 32.1. The third-order valence-corrected chi connectivity index (χ3v) is 6.45. The van der Waals surface area contributed by atoms with Crippen molar-refractivity contribution in [2.75, 3.05) is 13.7 Å². The summed E-state index contributed by atoms with van der Waals surface area (Å²) in [6, 6.07) is 14.6. The van der Waals surface area contributed by atoms with Crippen molar-refractivity contribution in [1.29, 1.82) is 0 Å². The number of hydrogen-bond donors (Lipinski definition) is 2. The number of aliphatic carboxylic acids is 1. The lowest BCUT2D eigenvalue weighted by Gasteiger charge is -2.23. The molecule has 2 amide bonds. The lowest BCUT2D eigenvalue weighted by atomic mass is 9.98. The van der Waals surface area contributed by atoms with E-state index in [0.29, 0.717) is 5.01 Å². The van der Waals surface area contributed by atoms with Crippen molar-refractivity contribution in [3.8, 4) is 11.1 Å². The van der Waals surface area contributed by atoms with Crippen LogP contribution >= 0.6 is 11.3 Å². The van der Waals surface area contributed by atoms with Crippen LogP contribution in [0, 0.1) is 6.92 Å². The first kappa shape index (κ1) is 23.4. The monoisotopic (exact) mass is 480 g/mol. The van der Waals surface area contributed by atoms with Gasteiger partial charge in [0.25, 0.3) is 0 Å². The summed E-state index contributed by atoms with van der Waals surface area (Å²) < 4.78 is 5.47. The summed E-state index contributed by atoms with van der Waals surface area (Å²) in [5.74, 6) is -1.91. The first-order chi connectivity index (χ1) is 16.3. The SMILES string of the molecule is Cc1nnc(CN(C)C(=O)C(CC(=O)O)NC(=O)OCC2c3ccccc3-c3ccccc32)s1. The van der Waals surface area contributed by atoms with Gasteiger partial charge in [-0.2, -0.15) is 0 Å². The van der Waals surface area contributed by atoms with E-state index in [4.69, 9.17) is 4.74 Å². The Morgan fingerprint density at radius 1 is 1.09 bits per heavy atom. The molecule has 1 unspecified atom stereocenters. The number of likely N-dealkylation sites (N-methyl/N-ethyl adjacent to an activating group) is 1. The number of aromatic nitrogens is 2. The van der Waals surface area contributed by atoms with Gasteiger partial charge in [-0.05, 0) is 29.2 Å². The third-order valence-electron chi connectivity index (χ3n) is 5.63. The lowest BCUT2D eigenvalue weighted by Crippen LogP contribution is -2.48. The van der Waals surface area contributed by atoms with E-state index in [1.54, 1.807) is 6.92 Å². The molecule has 0 aliphatic heterocycles. The summed E-state index contributed by atoms with van der Waals surface area (Å²) in [5, 5.41) is 20.9. The van der Waals surface area contributed by atoms with Gasteiger partial charge in [0.15, 0.2) is 0 Å². The number of carboxylic acids is 1. The average Bonchev–Trinajstić information content (AvgIpc) is 3.37. The van der Waals surface area contributed by atoms with Gasteiger partial charge in [0.2, 0.25) is 5.91 Å².